The van der Waals surface area contributed by atoms with E-state index in [9.17, 15) is 9.00 Å². The summed E-state index contributed by atoms with van der Waals surface area (Å²) < 4.78 is 21.3. The minimum Gasteiger partial charge on any atom is -0.268 e. The Bertz CT molecular complexity index is 506. The SMILES string of the molecule is CCc1ccc2c(c1)S(=N)(=O)NC2=O. The molecule has 0 fully saturated rings. The van der Waals surface area contributed by atoms with Gasteiger partial charge in [-0.2, -0.15) is 0 Å². The van der Waals surface area contributed by atoms with Crippen LogP contribution in [0.3, 0.4) is 0 Å². The van der Waals surface area contributed by atoms with Crippen LogP contribution in [-0.4, -0.2) is 10.1 Å². The number of aryl methyl sites for hydroxylation is 1. The molecule has 1 aliphatic heterocycles. The van der Waals surface area contributed by atoms with Gasteiger partial charge in [0.15, 0.2) is 9.92 Å². The Morgan fingerprint density at radius 3 is 2.86 bits per heavy atom. The highest BCUT2D eigenvalue weighted by atomic mass is 32.2. The van der Waals surface area contributed by atoms with Gasteiger partial charge >= 0.3 is 0 Å². The van der Waals surface area contributed by atoms with Crippen LogP contribution >= 0.6 is 0 Å². The number of carbonyl (C=O) groups is 1. The summed E-state index contributed by atoms with van der Waals surface area (Å²) in [5.74, 6) is -0.414. The molecule has 1 atom stereocenters. The van der Waals surface area contributed by atoms with Crippen molar-refractivity contribution in [2.75, 3.05) is 0 Å². The molecule has 0 bridgehead atoms. The van der Waals surface area contributed by atoms with Crippen LogP contribution in [0, 0.1) is 4.78 Å². The fourth-order valence-electron chi connectivity index (χ4n) is 1.45. The van der Waals surface area contributed by atoms with Gasteiger partial charge < -0.3 is 0 Å². The van der Waals surface area contributed by atoms with Gasteiger partial charge in [-0.1, -0.05) is 13.0 Å². The van der Waals surface area contributed by atoms with Crippen molar-refractivity contribution < 1.29 is 9.00 Å². The Kier molecular flexibility index (Phi) is 1.85. The molecule has 2 rings (SSSR count). The van der Waals surface area contributed by atoms with Crippen molar-refractivity contribution in [3.8, 4) is 0 Å². The molecule has 14 heavy (non-hydrogen) atoms. The molecule has 0 spiro atoms. The second kappa shape index (κ2) is 2.81. The van der Waals surface area contributed by atoms with Gasteiger partial charge in [0.05, 0.1) is 10.5 Å². The third-order valence-electron chi connectivity index (χ3n) is 2.25. The van der Waals surface area contributed by atoms with Gasteiger partial charge in [-0.25, -0.2) is 8.99 Å². The first-order valence-corrected chi connectivity index (χ1v) is 5.84. The van der Waals surface area contributed by atoms with Crippen LogP contribution in [0.25, 0.3) is 0 Å². The third kappa shape index (κ3) is 1.21. The standard InChI is InChI=1S/C9H10N2O2S/c1-2-6-3-4-7-8(5-6)14(10,13)11-9(7)12/h3-5H,2H2,1H3,(H2,10,11,12,13). The lowest BCUT2D eigenvalue weighted by molar-refractivity contribution is 0.0985. The van der Waals surface area contributed by atoms with Crippen LogP contribution in [0.4, 0.5) is 0 Å². The molecule has 4 nitrogen and oxygen atoms in total. The molecule has 0 aromatic heterocycles. The van der Waals surface area contributed by atoms with Crippen LogP contribution in [0.5, 0.6) is 0 Å². The number of hydrogen-bond acceptors (Lipinski definition) is 3. The second-order valence-corrected chi connectivity index (χ2v) is 4.93. The quantitative estimate of drug-likeness (QED) is 0.733. The van der Waals surface area contributed by atoms with Crippen molar-refractivity contribution in [2.45, 2.75) is 18.2 Å². The number of amides is 1. The Morgan fingerprint density at radius 1 is 1.50 bits per heavy atom. The van der Waals surface area contributed by atoms with E-state index < -0.39 is 15.8 Å². The Balaban J connectivity index is 2.71. The summed E-state index contributed by atoms with van der Waals surface area (Å²) in [5, 5.41) is 0. The lowest BCUT2D eigenvalue weighted by Gasteiger charge is -2.00. The van der Waals surface area contributed by atoms with Crippen LogP contribution in [0.1, 0.15) is 22.8 Å². The summed E-state index contributed by atoms with van der Waals surface area (Å²) in [6.45, 7) is 1.97. The Labute approximate surface area is 82.4 Å². The van der Waals surface area contributed by atoms with E-state index in [2.05, 4.69) is 4.72 Å². The molecule has 74 valence electrons. The zero-order chi connectivity index (χ0) is 10.3. The van der Waals surface area contributed by atoms with E-state index in [1.807, 2.05) is 13.0 Å². The molecular formula is C9H10N2O2S. The van der Waals surface area contributed by atoms with E-state index in [0.29, 0.717) is 10.5 Å². The first-order valence-electron chi connectivity index (χ1n) is 4.28. The summed E-state index contributed by atoms with van der Waals surface area (Å²) >= 11 is 0. The Hall–Kier alpha value is -1.36. The monoisotopic (exact) mass is 210 g/mol. The maximum atomic E-state index is 11.6. The van der Waals surface area contributed by atoms with E-state index in [1.54, 1.807) is 12.1 Å². The lowest BCUT2D eigenvalue weighted by Crippen LogP contribution is -2.19. The van der Waals surface area contributed by atoms with Crippen LogP contribution < -0.4 is 4.72 Å². The fraction of sp³-hybridized carbons (Fsp3) is 0.222. The molecule has 5 heteroatoms. The molecule has 0 saturated heterocycles. The van der Waals surface area contributed by atoms with Crippen molar-refractivity contribution in [2.24, 2.45) is 0 Å². The smallest absolute Gasteiger partial charge is 0.265 e. The van der Waals surface area contributed by atoms with E-state index >= 15 is 0 Å². The first-order chi connectivity index (χ1) is 6.54. The van der Waals surface area contributed by atoms with Crippen molar-refractivity contribution in [1.29, 1.82) is 4.78 Å². The lowest BCUT2D eigenvalue weighted by atomic mass is 10.1. The summed E-state index contributed by atoms with van der Waals surface area (Å²) in [6, 6.07) is 5.12. The Morgan fingerprint density at radius 2 is 2.21 bits per heavy atom. The van der Waals surface area contributed by atoms with Crippen molar-refractivity contribution in [3.63, 3.8) is 0 Å². The highest BCUT2D eigenvalue weighted by Crippen LogP contribution is 2.24. The van der Waals surface area contributed by atoms with Gasteiger partial charge in [0.25, 0.3) is 5.91 Å². The maximum Gasteiger partial charge on any atom is 0.265 e. The summed E-state index contributed by atoms with van der Waals surface area (Å²) in [7, 11) is -3.09. The van der Waals surface area contributed by atoms with Crippen molar-refractivity contribution in [3.05, 3.63) is 29.3 Å². The number of carbonyl (C=O) groups excluding carboxylic acids is 1. The average Bonchev–Trinajstić information content (AvgIpc) is 2.37. The highest BCUT2D eigenvalue weighted by Gasteiger charge is 2.29. The number of benzene rings is 1. The molecule has 1 heterocycles. The van der Waals surface area contributed by atoms with Crippen molar-refractivity contribution >= 4 is 15.8 Å². The van der Waals surface area contributed by atoms with Gasteiger partial charge in [0.2, 0.25) is 0 Å². The topological polar surface area (TPSA) is 70.0 Å². The molecule has 1 aromatic carbocycles. The summed E-state index contributed by atoms with van der Waals surface area (Å²) in [4.78, 5) is 11.6. The third-order valence-corrected chi connectivity index (χ3v) is 3.68. The van der Waals surface area contributed by atoms with Gasteiger partial charge in [-0.3, -0.25) is 9.52 Å². The van der Waals surface area contributed by atoms with Gasteiger partial charge in [0.1, 0.15) is 0 Å². The molecule has 1 aliphatic rings. The molecule has 2 N–H and O–H groups in total. The van der Waals surface area contributed by atoms with E-state index in [1.165, 1.54) is 0 Å². The highest BCUT2D eigenvalue weighted by molar-refractivity contribution is 7.91. The zero-order valence-corrected chi connectivity index (χ0v) is 8.48. The molecule has 0 aliphatic carbocycles. The second-order valence-electron chi connectivity index (χ2n) is 3.17. The number of fused-ring (bicyclic) bond motifs is 1. The van der Waals surface area contributed by atoms with Gasteiger partial charge in [-0.15, -0.1) is 0 Å². The fourth-order valence-corrected chi connectivity index (χ4v) is 2.72. The minimum absolute atomic E-state index is 0.321. The van der Waals surface area contributed by atoms with E-state index in [-0.39, 0.29) is 0 Å². The normalized spacial score (nSPS) is 24.5. The van der Waals surface area contributed by atoms with E-state index in [4.69, 9.17) is 4.78 Å². The van der Waals surface area contributed by atoms with Crippen LogP contribution in [0.2, 0.25) is 0 Å². The predicted molar refractivity (Wildman–Crippen MR) is 52.4 cm³/mol. The molecular weight excluding hydrogens is 200 g/mol. The molecule has 0 radical (unpaired) electrons. The maximum absolute atomic E-state index is 11.6. The largest absolute Gasteiger partial charge is 0.268 e. The summed E-state index contributed by atoms with van der Waals surface area (Å²) in [6.07, 6.45) is 0.803. The van der Waals surface area contributed by atoms with Crippen LogP contribution in [-0.2, 0) is 16.3 Å². The van der Waals surface area contributed by atoms with Gasteiger partial charge in [0, 0.05) is 0 Å². The number of rotatable bonds is 1. The van der Waals surface area contributed by atoms with E-state index in [0.717, 1.165) is 12.0 Å². The molecule has 1 unspecified atom stereocenters. The van der Waals surface area contributed by atoms with Crippen LogP contribution in [0.15, 0.2) is 23.1 Å². The number of nitrogens with one attached hydrogen (secondary N) is 2. The van der Waals surface area contributed by atoms with Crippen molar-refractivity contribution in [1.82, 2.24) is 4.72 Å². The molecule has 1 amide bonds. The predicted octanol–water partition coefficient (Wildman–Crippen LogP) is 1.31. The van der Waals surface area contributed by atoms with Gasteiger partial charge in [-0.05, 0) is 24.1 Å². The summed E-state index contributed by atoms with van der Waals surface area (Å²) in [5.41, 5.74) is 1.35. The average molecular weight is 210 g/mol. The minimum atomic E-state index is -3.09. The zero-order valence-electron chi connectivity index (χ0n) is 7.66. The molecule has 1 aromatic rings. The molecule has 0 saturated carbocycles. The number of hydrogen-bond donors (Lipinski definition) is 2. The first kappa shape index (κ1) is 9.21.